The van der Waals surface area contributed by atoms with E-state index in [9.17, 15) is 19.7 Å². The molecule has 0 aliphatic heterocycles. The lowest BCUT2D eigenvalue weighted by molar-refractivity contribution is -0.384. The lowest BCUT2D eigenvalue weighted by Crippen LogP contribution is -2.19. The van der Waals surface area contributed by atoms with E-state index in [4.69, 9.17) is 5.73 Å². The van der Waals surface area contributed by atoms with Crippen molar-refractivity contribution in [2.24, 2.45) is 5.10 Å². The van der Waals surface area contributed by atoms with Crippen LogP contribution in [0.4, 0.5) is 11.5 Å². The second kappa shape index (κ2) is 9.57. The zero-order valence-electron chi connectivity index (χ0n) is 17.9. The highest BCUT2D eigenvalue weighted by Gasteiger charge is 2.25. The molecule has 0 aliphatic carbocycles. The number of aromatic nitrogens is 5. The second-order valence-electron chi connectivity index (χ2n) is 6.79. The molecule has 4 rings (SSSR count). The van der Waals surface area contributed by atoms with E-state index in [1.54, 1.807) is 24.3 Å². The Morgan fingerprint density at radius 1 is 1.17 bits per heavy atom. The van der Waals surface area contributed by atoms with Crippen LogP contribution in [0, 0.1) is 10.1 Å². The summed E-state index contributed by atoms with van der Waals surface area (Å²) in [6.45, 7) is 0. The number of nitrogens with two attached hydrogens (primary N) is 1. The highest BCUT2D eigenvalue weighted by Crippen LogP contribution is 2.28. The van der Waals surface area contributed by atoms with Crippen molar-refractivity contribution in [2.45, 2.75) is 0 Å². The van der Waals surface area contributed by atoms with Gasteiger partial charge in [0.1, 0.15) is 5.69 Å². The third-order valence-electron chi connectivity index (χ3n) is 4.64. The first-order chi connectivity index (χ1) is 16.9. The zero-order valence-corrected chi connectivity index (χ0v) is 17.9. The number of amides is 1. The Morgan fingerprint density at radius 2 is 1.89 bits per heavy atom. The van der Waals surface area contributed by atoms with Crippen LogP contribution in [0.2, 0.25) is 0 Å². The molecule has 2 heterocycles. The summed E-state index contributed by atoms with van der Waals surface area (Å²) >= 11 is 0. The smallest absolute Gasteiger partial charge is 0.337 e. The Labute approximate surface area is 195 Å². The molecule has 0 fully saturated rings. The molecule has 15 heteroatoms. The number of nitrogen functional groups attached to an aromatic ring is 1. The first-order valence-electron chi connectivity index (χ1n) is 9.69. The van der Waals surface area contributed by atoms with Crippen molar-refractivity contribution in [1.29, 1.82) is 0 Å². The number of rotatable bonds is 7. The van der Waals surface area contributed by atoms with Crippen LogP contribution in [0.15, 0.2) is 58.3 Å². The fourth-order valence-electron chi connectivity index (χ4n) is 2.96. The van der Waals surface area contributed by atoms with E-state index in [1.165, 1.54) is 37.6 Å². The van der Waals surface area contributed by atoms with Gasteiger partial charge in [0, 0.05) is 17.7 Å². The summed E-state index contributed by atoms with van der Waals surface area (Å²) < 4.78 is 10.4. The molecule has 0 saturated heterocycles. The number of hydrazone groups is 1. The zero-order chi connectivity index (χ0) is 24.9. The number of ether oxygens (including phenoxy) is 1. The van der Waals surface area contributed by atoms with E-state index in [2.05, 4.69) is 40.5 Å². The van der Waals surface area contributed by atoms with Crippen LogP contribution >= 0.6 is 0 Å². The van der Waals surface area contributed by atoms with Gasteiger partial charge in [-0.25, -0.2) is 14.8 Å². The predicted molar refractivity (Wildman–Crippen MR) is 119 cm³/mol. The third kappa shape index (κ3) is 4.68. The molecule has 0 aliphatic rings. The van der Waals surface area contributed by atoms with E-state index < -0.39 is 16.8 Å². The lowest BCUT2D eigenvalue weighted by atomic mass is 10.1. The van der Waals surface area contributed by atoms with Crippen molar-refractivity contribution in [3.8, 4) is 17.1 Å². The van der Waals surface area contributed by atoms with Crippen LogP contribution in [-0.4, -0.2) is 55.4 Å². The second-order valence-corrected chi connectivity index (χ2v) is 6.79. The van der Waals surface area contributed by atoms with E-state index in [1.807, 2.05) is 0 Å². The van der Waals surface area contributed by atoms with Crippen molar-refractivity contribution in [3.63, 3.8) is 0 Å². The van der Waals surface area contributed by atoms with Gasteiger partial charge in [0.05, 0.1) is 23.8 Å². The van der Waals surface area contributed by atoms with Gasteiger partial charge in [-0.1, -0.05) is 17.3 Å². The number of non-ortho nitro benzene ring substituents is 1. The van der Waals surface area contributed by atoms with Crippen LogP contribution in [0.1, 0.15) is 26.4 Å². The summed E-state index contributed by atoms with van der Waals surface area (Å²) in [5.74, 6) is -1.36. The monoisotopic (exact) mass is 477 g/mol. The first kappa shape index (κ1) is 22.7. The Balaban J connectivity index is 1.62. The minimum absolute atomic E-state index is 0.0286. The van der Waals surface area contributed by atoms with Crippen LogP contribution in [0.5, 0.6) is 0 Å². The maximum absolute atomic E-state index is 12.9. The standard InChI is InChI=1S/C20H15N9O6/c1-34-20(31)13-4-2-11(3-5-13)10-22-24-19(30)15-16(12-6-8-14(9-7-12)29(32)33)28(27-23-15)18-17(21)25-35-26-18/h2-10H,1H3,(H2,21,25)(H,24,30). The van der Waals surface area contributed by atoms with Crippen LogP contribution in [0.3, 0.4) is 0 Å². The van der Waals surface area contributed by atoms with Gasteiger partial charge in [-0.15, -0.1) is 5.10 Å². The number of anilines is 1. The number of methoxy groups -OCH3 is 1. The van der Waals surface area contributed by atoms with Crippen molar-refractivity contribution in [3.05, 3.63) is 75.5 Å². The molecule has 0 saturated carbocycles. The molecular formula is C20H15N9O6. The molecule has 2 aromatic heterocycles. The van der Waals surface area contributed by atoms with Gasteiger partial charge in [-0.2, -0.15) is 9.78 Å². The molecule has 35 heavy (non-hydrogen) atoms. The Bertz CT molecular complexity index is 1420. The Hall–Kier alpha value is -5.47. The van der Waals surface area contributed by atoms with Gasteiger partial charge in [0.15, 0.2) is 5.69 Å². The Morgan fingerprint density at radius 3 is 2.49 bits per heavy atom. The Kier molecular flexibility index (Phi) is 6.21. The summed E-state index contributed by atoms with van der Waals surface area (Å²) in [5.41, 5.74) is 9.21. The number of carbonyl (C=O) groups excluding carboxylic acids is 2. The number of hydrogen-bond donors (Lipinski definition) is 2. The van der Waals surface area contributed by atoms with Crippen LogP contribution < -0.4 is 11.2 Å². The van der Waals surface area contributed by atoms with Gasteiger partial charge in [-0.05, 0) is 40.1 Å². The van der Waals surface area contributed by atoms with Gasteiger partial charge >= 0.3 is 5.97 Å². The van der Waals surface area contributed by atoms with E-state index >= 15 is 0 Å². The van der Waals surface area contributed by atoms with Crippen molar-refractivity contribution in [1.82, 2.24) is 30.7 Å². The highest BCUT2D eigenvalue weighted by atomic mass is 16.6. The molecule has 0 radical (unpaired) electrons. The first-order valence-corrected chi connectivity index (χ1v) is 9.69. The number of esters is 1. The number of carbonyl (C=O) groups is 2. The molecule has 0 unspecified atom stereocenters. The predicted octanol–water partition coefficient (Wildman–Crippen LogP) is 1.36. The minimum Gasteiger partial charge on any atom is -0.465 e. The number of nitro groups is 1. The third-order valence-corrected chi connectivity index (χ3v) is 4.64. The number of benzene rings is 2. The van der Waals surface area contributed by atoms with Crippen molar-refractivity contribution >= 4 is 29.6 Å². The molecule has 0 bridgehead atoms. The highest BCUT2D eigenvalue weighted by molar-refractivity contribution is 5.99. The maximum Gasteiger partial charge on any atom is 0.337 e. The van der Waals surface area contributed by atoms with Gasteiger partial charge in [-0.3, -0.25) is 14.9 Å². The maximum atomic E-state index is 12.9. The fourth-order valence-corrected chi connectivity index (χ4v) is 2.96. The van der Waals surface area contributed by atoms with Gasteiger partial charge in [0.25, 0.3) is 11.6 Å². The van der Waals surface area contributed by atoms with E-state index in [-0.39, 0.29) is 28.7 Å². The SMILES string of the molecule is COC(=O)c1ccc(C=NNC(=O)c2nnn(-c3nonc3N)c2-c2ccc([N+](=O)[O-])cc2)cc1. The number of hydrogen-bond acceptors (Lipinski definition) is 12. The van der Waals surface area contributed by atoms with Gasteiger partial charge in [0.2, 0.25) is 11.6 Å². The molecule has 176 valence electrons. The topological polar surface area (TPSA) is 207 Å². The summed E-state index contributed by atoms with van der Waals surface area (Å²) in [7, 11) is 1.28. The molecule has 15 nitrogen and oxygen atoms in total. The fraction of sp³-hybridized carbons (Fsp3) is 0.0500. The van der Waals surface area contributed by atoms with E-state index in [0.29, 0.717) is 16.7 Å². The van der Waals surface area contributed by atoms with Crippen molar-refractivity contribution in [2.75, 3.05) is 12.8 Å². The molecule has 0 spiro atoms. The molecule has 0 atom stereocenters. The van der Waals surface area contributed by atoms with Gasteiger partial charge < -0.3 is 10.5 Å². The number of nitro benzene ring substituents is 1. The van der Waals surface area contributed by atoms with Crippen LogP contribution in [0.25, 0.3) is 17.1 Å². The quantitative estimate of drug-likeness (QED) is 0.168. The largest absolute Gasteiger partial charge is 0.465 e. The van der Waals surface area contributed by atoms with Crippen molar-refractivity contribution < 1.29 is 23.9 Å². The summed E-state index contributed by atoms with van der Waals surface area (Å²) in [6.07, 6.45) is 1.36. The normalized spacial score (nSPS) is 10.9. The summed E-state index contributed by atoms with van der Waals surface area (Å²) in [4.78, 5) is 34.8. The minimum atomic E-state index is -0.734. The summed E-state index contributed by atoms with van der Waals surface area (Å²) in [5, 5.41) is 29.8. The van der Waals surface area contributed by atoms with E-state index in [0.717, 1.165) is 4.68 Å². The molecule has 2 aromatic carbocycles. The molecule has 1 amide bonds. The molecule has 4 aromatic rings. The summed E-state index contributed by atoms with van der Waals surface area (Å²) in [6, 6.07) is 11.7. The molecule has 3 N–H and O–H groups in total. The number of nitrogens with one attached hydrogen (secondary N) is 1. The lowest BCUT2D eigenvalue weighted by Gasteiger charge is -2.05. The average Bonchev–Trinajstić information content (AvgIpc) is 3.50. The average molecular weight is 477 g/mol. The van der Waals surface area contributed by atoms with Crippen LogP contribution in [-0.2, 0) is 4.74 Å². The molecular weight excluding hydrogens is 462 g/mol. The number of nitrogens with zero attached hydrogens (tertiary/aromatic N) is 7.